The van der Waals surface area contributed by atoms with E-state index in [4.69, 9.17) is 0 Å². The van der Waals surface area contributed by atoms with E-state index in [0.29, 0.717) is 11.1 Å². The topological polar surface area (TPSA) is 57.7 Å². The van der Waals surface area contributed by atoms with Crippen molar-refractivity contribution in [1.82, 2.24) is 9.21 Å². The van der Waals surface area contributed by atoms with Gasteiger partial charge in [0, 0.05) is 18.7 Å². The number of alkyl halides is 1. The van der Waals surface area contributed by atoms with E-state index in [0.717, 1.165) is 36.5 Å². The number of carbonyl (C=O) groups excluding carboxylic acids is 1. The highest BCUT2D eigenvalue weighted by Crippen LogP contribution is 2.37. The molecular formula is C15H19FN2O3S. The lowest BCUT2D eigenvalue weighted by Crippen LogP contribution is -2.58. The average Bonchev–Trinajstić information content (AvgIpc) is 2.96. The zero-order valence-corrected chi connectivity index (χ0v) is 13.3. The van der Waals surface area contributed by atoms with Crippen molar-refractivity contribution in [1.29, 1.82) is 0 Å². The summed E-state index contributed by atoms with van der Waals surface area (Å²) >= 11 is 0. The number of sulfonamides is 1. The molecule has 0 bridgehead atoms. The smallest absolute Gasteiger partial charge is 0.253 e. The predicted octanol–water partition coefficient (Wildman–Crippen LogP) is 1.36. The first-order chi connectivity index (χ1) is 10.3. The number of likely N-dealkylation sites (tertiary alicyclic amines) is 1. The SMILES string of the molecule is CS(=O)(=O)N1CC(F)(c2cccc(C(=O)N3CCCC3)c2)C1. The van der Waals surface area contributed by atoms with Crippen LogP contribution in [0.15, 0.2) is 24.3 Å². The van der Waals surface area contributed by atoms with Crippen molar-refractivity contribution >= 4 is 15.9 Å². The molecule has 2 saturated heterocycles. The Labute approximate surface area is 129 Å². The van der Waals surface area contributed by atoms with Crippen molar-refractivity contribution in [3.8, 4) is 0 Å². The van der Waals surface area contributed by atoms with Crippen LogP contribution in [0.3, 0.4) is 0 Å². The van der Waals surface area contributed by atoms with Crippen molar-refractivity contribution < 1.29 is 17.6 Å². The van der Waals surface area contributed by atoms with E-state index in [1.165, 1.54) is 0 Å². The summed E-state index contributed by atoms with van der Waals surface area (Å²) in [7, 11) is -3.37. The molecule has 120 valence electrons. The summed E-state index contributed by atoms with van der Waals surface area (Å²) in [6.07, 6.45) is 3.07. The van der Waals surface area contributed by atoms with Gasteiger partial charge >= 0.3 is 0 Å². The van der Waals surface area contributed by atoms with E-state index < -0.39 is 15.7 Å². The number of carbonyl (C=O) groups is 1. The van der Waals surface area contributed by atoms with Crippen LogP contribution in [0.1, 0.15) is 28.8 Å². The summed E-state index contributed by atoms with van der Waals surface area (Å²) in [5, 5.41) is 0. The molecule has 0 N–H and O–H groups in total. The maximum absolute atomic E-state index is 14.8. The molecule has 1 aromatic rings. The number of amides is 1. The zero-order valence-electron chi connectivity index (χ0n) is 12.5. The first-order valence-corrected chi connectivity index (χ1v) is 9.18. The molecule has 0 aromatic heterocycles. The lowest BCUT2D eigenvalue weighted by atomic mass is 9.89. The van der Waals surface area contributed by atoms with Crippen LogP contribution >= 0.6 is 0 Å². The Kier molecular flexibility index (Phi) is 3.72. The number of halogens is 1. The molecule has 1 amide bonds. The molecule has 2 fully saturated rings. The summed E-state index contributed by atoms with van der Waals surface area (Å²) in [5.74, 6) is -0.0813. The molecule has 0 atom stereocenters. The minimum Gasteiger partial charge on any atom is -0.339 e. The average molecular weight is 326 g/mol. The van der Waals surface area contributed by atoms with Crippen molar-refractivity contribution in [2.24, 2.45) is 0 Å². The van der Waals surface area contributed by atoms with Crippen LogP contribution in [-0.2, 0) is 15.7 Å². The fourth-order valence-electron chi connectivity index (χ4n) is 2.96. The predicted molar refractivity (Wildman–Crippen MR) is 80.8 cm³/mol. The Balaban J connectivity index is 1.79. The number of hydrogen-bond acceptors (Lipinski definition) is 3. The molecule has 5 nitrogen and oxygen atoms in total. The van der Waals surface area contributed by atoms with Crippen LogP contribution in [0.25, 0.3) is 0 Å². The molecule has 0 aliphatic carbocycles. The summed E-state index contributed by atoms with van der Waals surface area (Å²) in [6.45, 7) is 1.11. The van der Waals surface area contributed by atoms with Gasteiger partial charge < -0.3 is 4.90 Å². The molecular weight excluding hydrogens is 307 g/mol. The van der Waals surface area contributed by atoms with Crippen molar-refractivity contribution in [2.45, 2.75) is 18.5 Å². The molecule has 2 aliphatic rings. The normalized spacial score (nSPS) is 21.6. The van der Waals surface area contributed by atoms with Crippen molar-refractivity contribution in [2.75, 3.05) is 32.4 Å². The van der Waals surface area contributed by atoms with Gasteiger partial charge in [0.25, 0.3) is 5.91 Å². The van der Waals surface area contributed by atoms with E-state index in [1.54, 1.807) is 29.2 Å². The number of nitrogens with zero attached hydrogens (tertiary/aromatic N) is 2. The molecule has 0 spiro atoms. The highest BCUT2D eigenvalue weighted by Gasteiger charge is 2.49. The fourth-order valence-corrected chi connectivity index (χ4v) is 3.84. The van der Waals surface area contributed by atoms with E-state index in [2.05, 4.69) is 0 Å². The van der Waals surface area contributed by atoms with Gasteiger partial charge in [-0.3, -0.25) is 4.79 Å². The van der Waals surface area contributed by atoms with Gasteiger partial charge in [-0.05, 0) is 30.5 Å². The van der Waals surface area contributed by atoms with Crippen LogP contribution < -0.4 is 0 Å². The van der Waals surface area contributed by atoms with Crippen molar-refractivity contribution in [3.05, 3.63) is 35.4 Å². The van der Waals surface area contributed by atoms with E-state index >= 15 is 0 Å². The minimum absolute atomic E-state index is 0.0813. The Bertz CT molecular complexity index is 692. The van der Waals surface area contributed by atoms with E-state index in [-0.39, 0.29) is 19.0 Å². The molecule has 0 radical (unpaired) electrons. The van der Waals surface area contributed by atoms with E-state index in [1.807, 2.05) is 0 Å². The maximum atomic E-state index is 14.8. The van der Waals surface area contributed by atoms with Crippen LogP contribution in [0.2, 0.25) is 0 Å². The first kappa shape index (κ1) is 15.4. The molecule has 0 unspecified atom stereocenters. The Morgan fingerprint density at radius 3 is 2.45 bits per heavy atom. The monoisotopic (exact) mass is 326 g/mol. The standard InChI is InChI=1S/C15H19FN2O3S/c1-22(20,21)18-10-15(16,11-18)13-6-4-5-12(9-13)14(19)17-7-2-3-8-17/h4-6,9H,2-3,7-8,10-11H2,1H3. The summed E-state index contributed by atoms with van der Waals surface area (Å²) in [4.78, 5) is 14.1. The quantitative estimate of drug-likeness (QED) is 0.843. The molecule has 2 heterocycles. The third-order valence-electron chi connectivity index (χ3n) is 4.34. The third-order valence-corrected chi connectivity index (χ3v) is 5.54. The van der Waals surface area contributed by atoms with Crippen LogP contribution in [-0.4, -0.2) is 56.0 Å². The lowest BCUT2D eigenvalue weighted by molar-refractivity contribution is 0.0183. The summed E-state index contributed by atoms with van der Waals surface area (Å²) in [5.41, 5.74) is -0.864. The molecule has 7 heteroatoms. The van der Waals surface area contributed by atoms with Gasteiger partial charge in [-0.25, -0.2) is 12.8 Å². The van der Waals surface area contributed by atoms with Crippen LogP contribution in [0.5, 0.6) is 0 Å². The van der Waals surface area contributed by atoms with Crippen LogP contribution in [0, 0.1) is 0 Å². The summed E-state index contributed by atoms with van der Waals surface area (Å²) in [6, 6.07) is 6.50. The third kappa shape index (κ3) is 2.75. The van der Waals surface area contributed by atoms with Gasteiger partial charge in [-0.15, -0.1) is 0 Å². The maximum Gasteiger partial charge on any atom is 0.253 e. The molecule has 3 rings (SSSR count). The Hall–Kier alpha value is -1.47. The highest BCUT2D eigenvalue weighted by molar-refractivity contribution is 7.88. The molecule has 22 heavy (non-hydrogen) atoms. The van der Waals surface area contributed by atoms with Gasteiger partial charge in [0.05, 0.1) is 19.3 Å². The number of rotatable bonds is 3. The van der Waals surface area contributed by atoms with Gasteiger partial charge in [-0.2, -0.15) is 4.31 Å². The van der Waals surface area contributed by atoms with Gasteiger partial charge in [0.2, 0.25) is 10.0 Å². The number of hydrogen-bond donors (Lipinski definition) is 0. The number of benzene rings is 1. The Morgan fingerprint density at radius 1 is 1.23 bits per heavy atom. The largest absolute Gasteiger partial charge is 0.339 e. The van der Waals surface area contributed by atoms with Gasteiger partial charge in [0.15, 0.2) is 5.67 Å². The molecule has 1 aromatic carbocycles. The summed E-state index contributed by atoms with van der Waals surface area (Å²) < 4.78 is 38.7. The molecule has 0 saturated carbocycles. The second-order valence-electron chi connectivity index (χ2n) is 6.08. The Morgan fingerprint density at radius 2 is 1.86 bits per heavy atom. The van der Waals surface area contributed by atoms with Crippen LogP contribution in [0.4, 0.5) is 4.39 Å². The lowest BCUT2D eigenvalue weighted by Gasteiger charge is -2.43. The van der Waals surface area contributed by atoms with Crippen molar-refractivity contribution in [3.63, 3.8) is 0 Å². The second kappa shape index (κ2) is 5.31. The zero-order chi connectivity index (χ0) is 16.0. The fraction of sp³-hybridized carbons (Fsp3) is 0.533. The van der Waals surface area contributed by atoms with E-state index in [9.17, 15) is 17.6 Å². The first-order valence-electron chi connectivity index (χ1n) is 7.33. The van der Waals surface area contributed by atoms with Gasteiger partial charge in [-0.1, -0.05) is 12.1 Å². The highest BCUT2D eigenvalue weighted by atomic mass is 32.2. The second-order valence-corrected chi connectivity index (χ2v) is 8.06. The van der Waals surface area contributed by atoms with Gasteiger partial charge in [0.1, 0.15) is 0 Å². The minimum atomic E-state index is -3.37. The molecule has 2 aliphatic heterocycles.